The van der Waals surface area contributed by atoms with E-state index in [1.54, 1.807) is 0 Å². The third kappa shape index (κ3) is 4.63. The van der Waals surface area contributed by atoms with E-state index >= 15 is 0 Å². The first-order chi connectivity index (χ1) is 6.64. The van der Waals surface area contributed by atoms with Crippen LogP contribution in [-0.2, 0) is 0 Å². The Labute approximate surface area is 92.2 Å². The van der Waals surface area contributed by atoms with Crippen molar-refractivity contribution in [3.05, 3.63) is 0 Å². The van der Waals surface area contributed by atoms with Crippen LogP contribution in [0.1, 0.15) is 39.0 Å². The molecule has 1 aliphatic rings. The molecule has 0 aromatic rings. The molecule has 0 radical (unpaired) electrons. The number of halogens is 1. The van der Waals surface area contributed by atoms with E-state index in [1.807, 2.05) is 6.92 Å². The van der Waals surface area contributed by atoms with Crippen LogP contribution in [0.25, 0.3) is 0 Å². The number of hydrogen-bond donors (Lipinski definition) is 1. The van der Waals surface area contributed by atoms with Gasteiger partial charge in [0.1, 0.15) is 0 Å². The van der Waals surface area contributed by atoms with Crippen molar-refractivity contribution in [2.75, 3.05) is 25.5 Å². The zero-order valence-electron chi connectivity index (χ0n) is 9.14. The summed E-state index contributed by atoms with van der Waals surface area (Å²) in [5.74, 6) is 0.790. The molecule has 1 atom stereocenters. The summed E-state index contributed by atoms with van der Waals surface area (Å²) < 4.78 is 0. The SMILES string of the molecule is CC1(O)CCN(CCCCCCCl)C1. The van der Waals surface area contributed by atoms with Gasteiger partial charge in [-0.05, 0) is 32.7 Å². The van der Waals surface area contributed by atoms with Gasteiger partial charge in [-0.25, -0.2) is 0 Å². The molecule has 2 nitrogen and oxygen atoms in total. The van der Waals surface area contributed by atoms with Crippen molar-refractivity contribution < 1.29 is 5.11 Å². The van der Waals surface area contributed by atoms with Crippen LogP contribution in [0.2, 0.25) is 0 Å². The Bertz CT molecular complexity index is 161. The Morgan fingerprint density at radius 2 is 2.00 bits per heavy atom. The van der Waals surface area contributed by atoms with Crippen molar-refractivity contribution in [3.63, 3.8) is 0 Å². The summed E-state index contributed by atoms with van der Waals surface area (Å²) >= 11 is 5.60. The fourth-order valence-corrected chi connectivity index (χ4v) is 2.20. The summed E-state index contributed by atoms with van der Waals surface area (Å²) in [7, 11) is 0. The molecule has 84 valence electrons. The Balaban J connectivity index is 1.98. The van der Waals surface area contributed by atoms with Gasteiger partial charge in [-0.1, -0.05) is 12.8 Å². The minimum Gasteiger partial charge on any atom is -0.389 e. The molecule has 14 heavy (non-hydrogen) atoms. The monoisotopic (exact) mass is 219 g/mol. The average Bonchev–Trinajstić information content (AvgIpc) is 2.45. The van der Waals surface area contributed by atoms with Crippen LogP contribution in [0.4, 0.5) is 0 Å². The van der Waals surface area contributed by atoms with Gasteiger partial charge in [0.25, 0.3) is 0 Å². The van der Waals surface area contributed by atoms with Crippen molar-refractivity contribution in [1.82, 2.24) is 4.90 Å². The summed E-state index contributed by atoms with van der Waals surface area (Å²) in [4.78, 5) is 2.36. The number of likely N-dealkylation sites (tertiary alicyclic amines) is 1. The van der Waals surface area contributed by atoms with Crippen LogP contribution >= 0.6 is 11.6 Å². The van der Waals surface area contributed by atoms with Gasteiger partial charge in [0.05, 0.1) is 5.60 Å². The minimum atomic E-state index is -0.434. The largest absolute Gasteiger partial charge is 0.389 e. The van der Waals surface area contributed by atoms with Gasteiger partial charge in [0.15, 0.2) is 0 Å². The van der Waals surface area contributed by atoms with E-state index < -0.39 is 5.60 Å². The number of nitrogens with zero attached hydrogens (tertiary/aromatic N) is 1. The molecule has 0 bridgehead atoms. The van der Waals surface area contributed by atoms with Crippen LogP contribution in [0.5, 0.6) is 0 Å². The van der Waals surface area contributed by atoms with E-state index in [4.69, 9.17) is 11.6 Å². The second-order valence-electron chi connectivity index (χ2n) is 4.63. The van der Waals surface area contributed by atoms with Gasteiger partial charge in [-0.2, -0.15) is 0 Å². The zero-order chi connectivity index (χ0) is 10.4. The third-order valence-corrected chi connectivity index (χ3v) is 3.16. The van der Waals surface area contributed by atoms with E-state index in [0.29, 0.717) is 0 Å². The molecule has 3 heteroatoms. The molecule has 1 saturated heterocycles. The summed E-state index contributed by atoms with van der Waals surface area (Å²) in [6, 6.07) is 0. The van der Waals surface area contributed by atoms with Gasteiger partial charge < -0.3 is 10.0 Å². The van der Waals surface area contributed by atoms with Gasteiger partial charge in [-0.3, -0.25) is 0 Å². The first-order valence-corrected chi connectivity index (χ1v) is 6.18. The molecule has 0 aromatic heterocycles. The van der Waals surface area contributed by atoms with E-state index in [-0.39, 0.29) is 0 Å². The second-order valence-corrected chi connectivity index (χ2v) is 5.00. The smallest absolute Gasteiger partial charge is 0.0758 e. The Hall–Kier alpha value is 0.210. The highest BCUT2D eigenvalue weighted by Crippen LogP contribution is 2.20. The highest BCUT2D eigenvalue weighted by Gasteiger charge is 2.30. The van der Waals surface area contributed by atoms with Crippen LogP contribution < -0.4 is 0 Å². The lowest BCUT2D eigenvalue weighted by molar-refractivity contribution is 0.0686. The fourth-order valence-electron chi connectivity index (χ4n) is 2.01. The maximum atomic E-state index is 9.75. The van der Waals surface area contributed by atoms with E-state index in [0.717, 1.165) is 38.4 Å². The summed E-state index contributed by atoms with van der Waals surface area (Å²) in [6.45, 7) is 4.98. The number of alkyl halides is 1. The maximum absolute atomic E-state index is 9.75. The standard InChI is InChI=1S/C11H22ClNO/c1-11(14)6-9-13(10-11)8-5-3-2-4-7-12/h14H,2-10H2,1H3. The average molecular weight is 220 g/mol. The quantitative estimate of drug-likeness (QED) is 0.547. The predicted molar refractivity (Wildman–Crippen MR) is 60.9 cm³/mol. The predicted octanol–water partition coefficient (Wildman–Crippen LogP) is 2.24. The summed E-state index contributed by atoms with van der Waals surface area (Å²) in [5.41, 5.74) is -0.434. The van der Waals surface area contributed by atoms with Crippen molar-refractivity contribution in [2.24, 2.45) is 0 Å². The first kappa shape index (κ1) is 12.3. The zero-order valence-corrected chi connectivity index (χ0v) is 9.89. The van der Waals surface area contributed by atoms with Gasteiger partial charge in [0.2, 0.25) is 0 Å². The van der Waals surface area contributed by atoms with Gasteiger partial charge >= 0.3 is 0 Å². The van der Waals surface area contributed by atoms with E-state index in [1.165, 1.54) is 19.3 Å². The number of aliphatic hydroxyl groups is 1. The normalized spacial score (nSPS) is 28.5. The molecule has 0 amide bonds. The Morgan fingerprint density at radius 1 is 1.29 bits per heavy atom. The number of β-amino-alcohol motifs (C(OH)–C–C–N with tert-alkyl or cyclic N) is 1. The minimum absolute atomic E-state index is 0.434. The van der Waals surface area contributed by atoms with Crippen LogP contribution in [0.3, 0.4) is 0 Å². The highest BCUT2D eigenvalue weighted by atomic mass is 35.5. The molecule has 0 aliphatic carbocycles. The lowest BCUT2D eigenvalue weighted by Gasteiger charge is -2.18. The molecular formula is C11H22ClNO. The summed E-state index contributed by atoms with van der Waals surface area (Å²) in [6.07, 6.45) is 5.82. The number of unbranched alkanes of at least 4 members (excludes halogenated alkanes) is 3. The van der Waals surface area contributed by atoms with Crippen LogP contribution in [-0.4, -0.2) is 41.1 Å². The lowest BCUT2D eigenvalue weighted by atomic mass is 10.1. The highest BCUT2D eigenvalue weighted by molar-refractivity contribution is 6.17. The number of rotatable bonds is 6. The Kier molecular flexibility index (Phi) is 5.21. The summed E-state index contributed by atoms with van der Waals surface area (Å²) in [5, 5.41) is 9.75. The van der Waals surface area contributed by atoms with Crippen molar-refractivity contribution in [2.45, 2.75) is 44.6 Å². The molecule has 1 unspecified atom stereocenters. The molecular weight excluding hydrogens is 198 g/mol. The molecule has 1 N–H and O–H groups in total. The van der Waals surface area contributed by atoms with Gasteiger partial charge in [-0.15, -0.1) is 11.6 Å². The molecule has 1 fully saturated rings. The van der Waals surface area contributed by atoms with Crippen LogP contribution in [0.15, 0.2) is 0 Å². The van der Waals surface area contributed by atoms with Crippen molar-refractivity contribution >= 4 is 11.6 Å². The van der Waals surface area contributed by atoms with Crippen molar-refractivity contribution in [3.8, 4) is 0 Å². The Morgan fingerprint density at radius 3 is 2.57 bits per heavy atom. The third-order valence-electron chi connectivity index (χ3n) is 2.89. The fraction of sp³-hybridized carbons (Fsp3) is 1.00. The first-order valence-electron chi connectivity index (χ1n) is 5.65. The molecule has 1 aliphatic heterocycles. The maximum Gasteiger partial charge on any atom is 0.0758 e. The molecule has 0 saturated carbocycles. The lowest BCUT2D eigenvalue weighted by Crippen LogP contribution is -2.30. The van der Waals surface area contributed by atoms with Crippen molar-refractivity contribution in [1.29, 1.82) is 0 Å². The molecule has 0 aromatic carbocycles. The molecule has 1 heterocycles. The van der Waals surface area contributed by atoms with Gasteiger partial charge in [0, 0.05) is 19.0 Å². The van der Waals surface area contributed by atoms with E-state index in [2.05, 4.69) is 4.90 Å². The molecule has 0 spiro atoms. The number of hydrogen-bond acceptors (Lipinski definition) is 2. The van der Waals surface area contributed by atoms with E-state index in [9.17, 15) is 5.11 Å². The molecule has 1 rings (SSSR count). The van der Waals surface area contributed by atoms with Crippen LogP contribution in [0, 0.1) is 0 Å². The topological polar surface area (TPSA) is 23.5 Å². The second kappa shape index (κ2) is 5.94.